The molecule has 0 saturated carbocycles. The van der Waals surface area contributed by atoms with Crippen molar-refractivity contribution in [3.05, 3.63) is 161 Å². The first kappa shape index (κ1) is 21.6. The highest BCUT2D eigenvalue weighted by Gasteiger charge is 2.53. The Bertz CT molecular complexity index is 1860. The Kier molecular flexibility index (Phi) is 4.27. The van der Waals surface area contributed by atoms with Gasteiger partial charge in [0.25, 0.3) is 0 Å². The van der Waals surface area contributed by atoms with Gasteiger partial charge in [-0.05, 0) is 56.6 Å². The fraction of sp³-hybridized carbons (Fsp3) is 0.108. The second-order valence-electron chi connectivity index (χ2n) is 11.1. The van der Waals surface area contributed by atoms with Gasteiger partial charge in [-0.2, -0.15) is 0 Å². The Morgan fingerprint density at radius 3 is 1.74 bits per heavy atom. The maximum absolute atomic E-state index is 5.18. The molecule has 1 aromatic heterocycles. The summed E-state index contributed by atoms with van der Waals surface area (Å²) in [6, 6.07) is 46.8. The number of rotatable bonds is 1. The molecule has 38 heavy (non-hydrogen) atoms. The Morgan fingerprint density at radius 2 is 1.00 bits per heavy atom. The van der Waals surface area contributed by atoms with Gasteiger partial charge >= 0.3 is 0 Å². The molecule has 0 N–H and O–H groups in total. The van der Waals surface area contributed by atoms with Crippen molar-refractivity contribution in [2.75, 3.05) is 0 Å². The lowest BCUT2D eigenvalue weighted by Gasteiger charge is -2.47. The van der Waals surface area contributed by atoms with Crippen molar-refractivity contribution in [2.45, 2.75) is 24.7 Å². The smallest absolute Gasteiger partial charge is 0.0719 e. The van der Waals surface area contributed by atoms with Gasteiger partial charge in [-0.25, -0.2) is 4.98 Å². The monoisotopic (exact) mass is 485 g/mol. The molecule has 1 heteroatoms. The van der Waals surface area contributed by atoms with E-state index in [1.54, 1.807) is 0 Å². The van der Waals surface area contributed by atoms with E-state index in [1.165, 1.54) is 55.5 Å². The molecular formula is C37H27N. The number of benzene rings is 5. The lowest BCUT2D eigenvalue weighted by molar-refractivity contribution is 0.565. The molecule has 180 valence electrons. The average Bonchev–Trinajstić information content (AvgIpc) is 3.27. The molecule has 1 nitrogen and oxygen atoms in total. The van der Waals surface area contributed by atoms with E-state index in [0.29, 0.717) is 0 Å². The van der Waals surface area contributed by atoms with E-state index in [1.807, 2.05) is 0 Å². The van der Waals surface area contributed by atoms with Crippen LogP contribution in [0.3, 0.4) is 0 Å². The maximum atomic E-state index is 5.18. The van der Waals surface area contributed by atoms with E-state index in [2.05, 4.69) is 141 Å². The summed E-state index contributed by atoms with van der Waals surface area (Å²) in [5, 5.41) is 1.17. The molecule has 2 aliphatic rings. The summed E-state index contributed by atoms with van der Waals surface area (Å²) in [4.78, 5) is 5.18. The van der Waals surface area contributed by atoms with Gasteiger partial charge in [0.15, 0.2) is 0 Å². The number of para-hydroxylation sites is 1. The minimum Gasteiger partial charge on any atom is -0.248 e. The molecule has 6 aromatic rings. The molecule has 0 aliphatic heterocycles. The molecule has 2 aliphatic carbocycles. The van der Waals surface area contributed by atoms with Crippen LogP contribution in [-0.2, 0) is 10.8 Å². The third-order valence-electron chi connectivity index (χ3n) is 8.92. The number of hydrogen-bond acceptors (Lipinski definition) is 1. The van der Waals surface area contributed by atoms with Crippen molar-refractivity contribution in [3.8, 4) is 22.4 Å². The van der Waals surface area contributed by atoms with Gasteiger partial charge in [-0.15, -0.1) is 0 Å². The van der Waals surface area contributed by atoms with Gasteiger partial charge in [-0.3, -0.25) is 0 Å². The first-order chi connectivity index (χ1) is 18.6. The van der Waals surface area contributed by atoms with Crippen LogP contribution in [0.2, 0.25) is 0 Å². The topological polar surface area (TPSA) is 12.9 Å². The van der Waals surface area contributed by atoms with Crippen molar-refractivity contribution in [3.63, 3.8) is 0 Å². The highest BCUT2D eigenvalue weighted by molar-refractivity contribution is 5.90. The van der Waals surface area contributed by atoms with Crippen molar-refractivity contribution in [1.29, 1.82) is 0 Å². The van der Waals surface area contributed by atoms with E-state index in [4.69, 9.17) is 4.98 Å². The van der Waals surface area contributed by atoms with Gasteiger partial charge in [0, 0.05) is 16.4 Å². The first-order valence-corrected chi connectivity index (χ1v) is 13.4. The minimum atomic E-state index is -0.374. The van der Waals surface area contributed by atoms with Crippen LogP contribution < -0.4 is 0 Å². The van der Waals surface area contributed by atoms with Gasteiger partial charge in [0.2, 0.25) is 0 Å². The zero-order chi connectivity index (χ0) is 25.5. The molecule has 0 saturated heterocycles. The Labute approximate surface area is 223 Å². The number of nitrogens with zero attached hydrogens (tertiary/aromatic N) is 1. The average molecular weight is 486 g/mol. The summed E-state index contributed by atoms with van der Waals surface area (Å²) in [7, 11) is 0. The Hall–Kier alpha value is -4.49. The predicted octanol–water partition coefficient (Wildman–Crippen LogP) is 8.90. The van der Waals surface area contributed by atoms with Crippen LogP contribution in [0.4, 0.5) is 0 Å². The van der Waals surface area contributed by atoms with Crippen LogP contribution in [0, 0.1) is 0 Å². The van der Waals surface area contributed by atoms with Crippen molar-refractivity contribution in [2.24, 2.45) is 0 Å². The Morgan fingerprint density at radius 1 is 0.447 bits per heavy atom. The van der Waals surface area contributed by atoms with Crippen molar-refractivity contribution in [1.82, 2.24) is 4.98 Å². The maximum Gasteiger partial charge on any atom is 0.0719 e. The molecule has 1 heterocycles. The zero-order valence-electron chi connectivity index (χ0n) is 21.6. The number of fused-ring (bicyclic) bond motifs is 10. The predicted molar refractivity (Wildman–Crippen MR) is 157 cm³/mol. The normalized spacial score (nSPS) is 15.5. The molecule has 0 fully saturated rings. The van der Waals surface area contributed by atoms with Gasteiger partial charge in [0.05, 0.1) is 16.6 Å². The first-order valence-electron chi connectivity index (χ1n) is 13.4. The van der Waals surface area contributed by atoms with E-state index in [9.17, 15) is 0 Å². The van der Waals surface area contributed by atoms with E-state index < -0.39 is 0 Å². The molecule has 0 bridgehead atoms. The molecule has 0 unspecified atom stereocenters. The van der Waals surface area contributed by atoms with Gasteiger partial charge < -0.3 is 0 Å². The van der Waals surface area contributed by atoms with Crippen LogP contribution in [0.1, 0.15) is 47.2 Å². The lowest BCUT2D eigenvalue weighted by Crippen LogP contribution is -2.41. The summed E-state index contributed by atoms with van der Waals surface area (Å²) in [6.07, 6.45) is 0. The highest BCUT2D eigenvalue weighted by Crippen LogP contribution is 2.62. The third kappa shape index (κ3) is 2.59. The summed E-state index contributed by atoms with van der Waals surface area (Å²) in [5.41, 5.74) is 13.6. The number of hydrogen-bond donors (Lipinski definition) is 0. The summed E-state index contributed by atoms with van der Waals surface area (Å²) in [5.74, 6) is 0. The molecular weight excluding hydrogens is 458 g/mol. The zero-order valence-corrected chi connectivity index (χ0v) is 21.6. The van der Waals surface area contributed by atoms with E-state index in [0.717, 1.165) is 11.2 Å². The Balaban J connectivity index is 1.54. The second kappa shape index (κ2) is 7.52. The molecule has 0 atom stereocenters. The minimum absolute atomic E-state index is 0.201. The van der Waals surface area contributed by atoms with Crippen LogP contribution in [0.15, 0.2) is 127 Å². The van der Waals surface area contributed by atoms with E-state index in [-0.39, 0.29) is 10.8 Å². The molecule has 5 aromatic carbocycles. The fourth-order valence-corrected chi connectivity index (χ4v) is 7.42. The van der Waals surface area contributed by atoms with Crippen LogP contribution >= 0.6 is 0 Å². The fourth-order valence-electron chi connectivity index (χ4n) is 7.42. The van der Waals surface area contributed by atoms with Crippen LogP contribution in [0.5, 0.6) is 0 Å². The van der Waals surface area contributed by atoms with Crippen molar-refractivity contribution >= 4 is 10.9 Å². The molecule has 8 rings (SSSR count). The quantitative estimate of drug-likeness (QED) is 0.226. The number of pyridine rings is 1. The van der Waals surface area contributed by atoms with Crippen LogP contribution in [-0.4, -0.2) is 4.98 Å². The summed E-state index contributed by atoms with van der Waals surface area (Å²) < 4.78 is 0. The summed E-state index contributed by atoms with van der Waals surface area (Å²) in [6.45, 7) is 4.77. The molecule has 1 spiro atoms. The number of aromatic nitrogens is 1. The molecule has 0 amide bonds. The largest absolute Gasteiger partial charge is 0.248 e. The van der Waals surface area contributed by atoms with Gasteiger partial charge in [-0.1, -0.05) is 129 Å². The summed E-state index contributed by atoms with van der Waals surface area (Å²) >= 11 is 0. The SMILES string of the molecule is CC1(C)c2ccccc2C2(c3ccccc3-c3ccccc32)c2cccc(-c3ccc4ccccc4n3)c21. The standard InChI is InChI=1S/C37H27N/c1-36(2)30-18-8-9-19-31(30)37(28-16-6-4-13-25(28)26-14-5-7-17-29(26)37)32-20-11-15-27(35(32)36)34-23-22-24-12-3-10-21-33(24)38-34/h3-23H,1-2H3. The lowest BCUT2D eigenvalue weighted by atomic mass is 9.54. The molecule has 0 radical (unpaired) electrons. The van der Waals surface area contributed by atoms with Gasteiger partial charge in [0.1, 0.15) is 0 Å². The second-order valence-corrected chi connectivity index (χ2v) is 11.1. The van der Waals surface area contributed by atoms with Crippen molar-refractivity contribution < 1.29 is 0 Å². The highest BCUT2D eigenvalue weighted by atomic mass is 14.7. The van der Waals surface area contributed by atoms with Crippen LogP contribution in [0.25, 0.3) is 33.3 Å². The van der Waals surface area contributed by atoms with E-state index >= 15 is 0 Å². The third-order valence-corrected chi connectivity index (χ3v) is 8.92.